The standard InChI is InChI=1S/C6H9NOSSe/c1-4-5(10-2)3-6(8)7(4)9/h5,9H,1,3H2,2H3. The molecular formula is C6H9NOSSe. The molecule has 1 heterocycles. The van der Waals surface area contributed by atoms with Gasteiger partial charge in [0.15, 0.2) is 0 Å². The van der Waals surface area contributed by atoms with Crippen molar-refractivity contribution in [1.29, 1.82) is 0 Å². The summed E-state index contributed by atoms with van der Waals surface area (Å²) in [6.07, 6.45) is 0.610. The van der Waals surface area contributed by atoms with Crippen molar-refractivity contribution in [2.75, 3.05) is 0 Å². The molecule has 1 amide bonds. The van der Waals surface area contributed by atoms with Crippen LogP contribution in [0.3, 0.4) is 0 Å². The van der Waals surface area contributed by atoms with Crippen LogP contribution in [0, 0.1) is 0 Å². The van der Waals surface area contributed by atoms with Gasteiger partial charge in [-0.15, -0.1) is 0 Å². The fraction of sp³-hybridized carbons (Fsp3) is 0.500. The number of hydrogen-bond acceptors (Lipinski definition) is 2. The van der Waals surface area contributed by atoms with Gasteiger partial charge in [0, 0.05) is 0 Å². The van der Waals surface area contributed by atoms with Crippen molar-refractivity contribution < 1.29 is 4.79 Å². The molecule has 1 aliphatic rings. The van der Waals surface area contributed by atoms with Crippen molar-refractivity contribution >= 4 is 33.7 Å². The minimum atomic E-state index is 0.0852. The van der Waals surface area contributed by atoms with Crippen LogP contribution >= 0.6 is 12.8 Å². The van der Waals surface area contributed by atoms with Crippen LogP contribution in [0.4, 0.5) is 0 Å². The molecule has 10 heavy (non-hydrogen) atoms. The number of carbonyl (C=O) groups excluding carboxylic acids is 1. The predicted molar refractivity (Wildman–Crippen MR) is 45.0 cm³/mol. The summed E-state index contributed by atoms with van der Waals surface area (Å²) in [5.74, 6) is 2.20. The fourth-order valence-corrected chi connectivity index (χ4v) is 2.72. The molecule has 0 aliphatic carbocycles. The van der Waals surface area contributed by atoms with Crippen molar-refractivity contribution in [3.8, 4) is 0 Å². The van der Waals surface area contributed by atoms with Gasteiger partial charge in [0.05, 0.1) is 0 Å². The molecule has 0 aromatic rings. The Bertz CT molecular complexity index is 183. The van der Waals surface area contributed by atoms with Crippen LogP contribution in [0.2, 0.25) is 10.6 Å². The Morgan fingerprint density at radius 1 is 1.90 bits per heavy atom. The molecule has 2 nitrogen and oxygen atoms in total. The van der Waals surface area contributed by atoms with E-state index in [1.54, 1.807) is 0 Å². The van der Waals surface area contributed by atoms with Crippen molar-refractivity contribution in [3.63, 3.8) is 0 Å². The summed E-state index contributed by atoms with van der Waals surface area (Å²) in [4.78, 5) is 11.3. The van der Waals surface area contributed by atoms with Gasteiger partial charge in [0.2, 0.25) is 0 Å². The molecule has 1 fully saturated rings. The zero-order chi connectivity index (χ0) is 7.72. The quantitative estimate of drug-likeness (QED) is 0.520. The molecular weight excluding hydrogens is 213 g/mol. The van der Waals surface area contributed by atoms with Crippen LogP contribution in [0.5, 0.6) is 0 Å². The van der Waals surface area contributed by atoms with Crippen LogP contribution in [-0.4, -0.2) is 25.2 Å². The number of allylic oxidation sites excluding steroid dienone is 1. The van der Waals surface area contributed by atoms with Crippen LogP contribution in [0.15, 0.2) is 12.3 Å². The third-order valence-electron chi connectivity index (χ3n) is 1.52. The second-order valence-electron chi connectivity index (χ2n) is 2.13. The van der Waals surface area contributed by atoms with Crippen molar-refractivity contribution in [3.05, 3.63) is 12.3 Å². The molecule has 0 aromatic carbocycles. The van der Waals surface area contributed by atoms with E-state index in [2.05, 4.69) is 25.2 Å². The molecule has 1 rings (SSSR count). The Morgan fingerprint density at radius 2 is 2.50 bits per heavy atom. The Kier molecular flexibility index (Phi) is 2.45. The van der Waals surface area contributed by atoms with Gasteiger partial charge in [-0.2, -0.15) is 0 Å². The number of amides is 1. The summed E-state index contributed by atoms with van der Waals surface area (Å²) in [5.41, 5.74) is 0.871. The molecule has 4 heteroatoms. The van der Waals surface area contributed by atoms with Gasteiger partial charge >= 0.3 is 72.1 Å². The van der Waals surface area contributed by atoms with Crippen molar-refractivity contribution in [1.82, 2.24) is 4.31 Å². The molecule has 0 saturated carbocycles. The average molecular weight is 222 g/mol. The summed E-state index contributed by atoms with van der Waals surface area (Å²) in [5, 5.41) is 0. The third-order valence-corrected chi connectivity index (χ3v) is 4.12. The summed E-state index contributed by atoms with van der Waals surface area (Å²) < 4.78 is 1.37. The maximum atomic E-state index is 11.0. The number of thiol groups is 1. The number of hydrogen-bond donors (Lipinski definition) is 1. The van der Waals surface area contributed by atoms with Gasteiger partial charge in [-0.05, 0) is 0 Å². The maximum absolute atomic E-state index is 11.0. The van der Waals surface area contributed by atoms with E-state index in [9.17, 15) is 4.79 Å². The summed E-state index contributed by atoms with van der Waals surface area (Å²) in [7, 11) is 0. The summed E-state index contributed by atoms with van der Waals surface area (Å²) in [6.45, 7) is 3.78. The minimum absolute atomic E-state index is 0.0852. The van der Waals surface area contributed by atoms with Gasteiger partial charge < -0.3 is 0 Å². The van der Waals surface area contributed by atoms with E-state index in [1.807, 2.05) is 0 Å². The first-order chi connectivity index (χ1) is 4.66. The number of nitrogens with zero attached hydrogens (tertiary/aromatic N) is 1. The van der Waals surface area contributed by atoms with Gasteiger partial charge in [0.25, 0.3) is 0 Å². The van der Waals surface area contributed by atoms with E-state index in [-0.39, 0.29) is 5.91 Å². The zero-order valence-electron chi connectivity index (χ0n) is 5.70. The van der Waals surface area contributed by atoms with E-state index in [1.165, 1.54) is 4.31 Å². The predicted octanol–water partition coefficient (Wildman–Crippen LogP) is 1.12. The van der Waals surface area contributed by atoms with Crippen LogP contribution in [0.1, 0.15) is 6.42 Å². The van der Waals surface area contributed by atoms with Crippen molar-refractivity contribution in [2.24, 2.45) is 0 Å². The average Bonchev–Trinajstić information content (AvgIpc) is 2.17. The Hall–Kier alpha value is 0.0795. The monoisotopic (exact) mass is 223 g/mol. The van der Waals surface area contributed by atoms with E-state index in [0.717, 1.165) is 5.70 Å². The van der Waals surface area contributed by atoms with Crippen LogP contribution in [0.25, 0.3) is 0 Å². The fourth-order valence-electron chi connectivity index (χ4n) is 0.879. The molecule has 1 saturated heterocycles. The van der Waals surface area contributed by atoms with Crippen LogP contribution < -0.4 is 0 Å². The first kappa shape index (κ1) is 8.18. The molecule has 1 atom stereocenters. The third kappa shape index (κ3) is 1.24. The van der Waals surface area contributed by atoms with E-state index in [4.69, 9.17) is 0 Å². The van der Waals surface area contributed by atoms with E-state index >= 15 is 0 Å². The number of carbonyl (C=O) groups is 1. The Labute approximate surface area is 72.4 Å². The van der Waals surface area contributed by atoms with E-state index < -0.39 is 0 Å². The normalized spacial score (nSPS) is 26.2. The van der Waals surface area contributed by atoms with Gasteiger partial charge in [-0.1, -0.05) is 0 Å². The topological polar surface area (TPSA) is 20.3 Å². The Morgan fingerprint density at radius 3 is 2.70 bits per heavy atom. The van der Waals surface area contributed by atoms with Gasteiger partial charge in [-0.3, -0.25) is 0 Å². The first-order valence-corrected chi connectivity index (χ1v) is 6.00. The first-order valence-electron chi connectivity index (χ1n) is 2.90. The number of rotatable bonds is 1. The molecule has 0 spiro atoms. The zero-order valence-corrected chi connectivity index (χ0v) is 8.31. The molecule has 1 unspecified atom stereocenters. The van der Waals surface area contributed by atoms with Crippen LogP contribution in [-0.2, 0) is 4.79 Å². The van der Waals surface area contributed by atoms with Crippen molar-refractivity contribution in [2.45, 2.75) is 17.1 Å². The van der Waals surface area contributed by atoms with Gasteiger partial charge in [0.1, 0.15) is 0 Å². The molecule has 0 radical (unpaired) electrons. The molecule has 0 bridgehead atoms. The second kappa shape index (κ2) is 2.99. The molecule has 0 aromatic heterocycles. The molecule has 0 N–H and O–H groups in total. The SMILES string of the molecule is C=C1C([Se]C)CC(=O)N1S. The summed E-state index contributed by atoms with van der Waals surface area (Å²) in [6, 6.07) is 0. The molecule has 1 aliphatic heterocycles. The Balaban J connectivity index is 2.71. The van der Waals surface area contributed by atoms with Gasteiger partial charge in [-0.25, -0.2) is 0 Å². The van der Waals surface area contributed by atoms with E-state index in [0.29, 0.717) is 26.2 Å². The second-order valence-corrected chi connectivity index (χ2v) is 4.71. The summed E-state index contributed by atoms with van der Waals surface area (Å²) >= 11 is 4.47. The molecule has 56 valence electrons.